The lowest BCUT2D eigenvalue weighted by Gasteiger charge is -2.30. The summed E-state index contributed by atoms with van der Waals surface area (Å²) in [7, 11) is 1.73. The molecule has 1 N–H and O–H groups in total. The molecule has 0 aliphatic heterocycles. The molecule has 16 heavy (non-hydrogen) atoms. The first-order chi connectivity index (χ1) is 7.31. The standard InChI is InChI=1S/C12H25NO3/c1-6-7-10(8-9-14)13(5)11(15)16-12(2,3)4/h10,14H,6-9H2,1-5H3. The minimum Gasteiger partial charge on any atom is -0.444 e. The van der Waals surface area contributed by atoms with Crippen LogP contribution in [0.5, 0.6) is 0 Å². The molecule has 1 amide bonds. The third kappa shape index (κ3) is 5.95. The molecule has 96 valence electrons. The highest BCUT2D eigenvalue weighted by Crippen LogP contribution is 2.14. The Morgan fingerprint density at radius 2 is 1.94 bits per heavy atom. The van der Waals surface area contributed by atoms with Crippen molar-refractivity contribution >= 4 is 6.09 Å². The highest BCUT2D eigenvalue weighted by molar-refractivity contribution is 5.68. The molecule has 0 bridgehead atoms. The molecule has 1 atom stereocenters. The van der Waals surface area contributed by atoms with E-state index < -0.39 is 5.60 Å². The van der Waals surface area contributed by atoms with Crippen LogP contribution in [0.25, 0.3) is 0 Å². The first-order valence-corrected chi connectivity index (χ1v) is 5.88. The molecular weight excluding hydrogens is 206 g/mol. The van der Waals surface area contributed by atoms with E-state index >= 15 is 0 Å². The summed E-state index contributed by atoms with van der Waals surface area (Å²) < 4.78 is 5.28. The molecule has 4 heteroatoms. The van der Waals surface area contributed by atoms with Crippen LogP contribution in [0.1, 0.15) is 47.0 Å². The number of hydrogen-bond acceptors (Lipinski definition) is 3. The quantitative estimate of drug-likeness (QED) is 0.790. The third-order valence-electron chi connectivity index (χ3n) is 2.31. The molecule has 0 aliphatic carbocycles. The van der Waals surface area contributed by atoms with Crippen molar-refractivity contribution in [2.24, 2.45) is 0 Å². The number of aliphatic hydroxyl groups excluding tert-OH is 1. The maximum absolute atomic E-state index is 11.8. The van der Waals surface area contributed by atoms with E-state index in [1.165, 1.54) is 0 Å². The van der Waals surface area contributed by atoms with Crippen LogP contribution in [-0.2, 0) is 4.74 Å². The molecule has 0 fully saturated rings. The zero-order valence-electron chi connectivity index (χ0n) is 11.1. The number of ether oxygens (including phenoxy) is 1. The predicted octanol–water partition coefficient (Wildman–Crippen LogP) is 2.40. The Morgan fingerprint density at radius 3 is 2.31 bits per heavy atom. The van der Waals surface area contributed by atoms with Crippen molar-refractivity contribution < 1.29 is 14.6 Å². The van der Waals surface area contributed by atoms with Crippen LogP contribution in [0, 0.1) is 0 Å². The lowest BCUT2D eigenvalue weighted by Crippen LogP contribution is -2.41. The average Bonchev–Trinajstić information content (AvgIpc) is 2.13. The summed E-state index contributed by atoms with van der Waals surface area (Å²) in [4.78, 5) is 13.4. The summed E-state index contributed by atoms with van der Waals surface area (Å²) in [5, 5.41) is 8.95. The first kappa shape index (κ1) is 15.2. The number of hydrogen-bond donors (Lipinski definition) is 1. The van der Waals surface area contributed by atoms with Crippen LogP contribution in [0.2, 0.25) is 0 Å². The van der Waals surface area contributed by atoms with Gasteiger partial charge >= 0.3 is 6.09 Å². The van der Waals surface area contributed by atoms with Gasteiger partial charge in [0.2, 0.25) is 0 Å². The van der Waals surface area contributed by atoms with E-state index in [2.05, 4.69) is 6.92 Å². The van der Waals surface area contributed by atoms with Crippen LogP contribution in [0.15, 0.2) is 0 Å². The molecule has 0 aromatic rings. The Bertz CT molecular complexity index is 205. The van der Waals surface area contributed by atoms with Crippen molar-refractivity contribution in [3.05, 3.63) is 0 Å². The van der Waals surface area contributed by atoms with Gasteiger partial charge in [-0.05, 0) is 33.6 Å². The molecular formula is C12H25NO3. The highest BCUT2D eigenvalue weighted by Gasteiger charge is 2.24. The molecule has 1 unspecified atom stereocenters. The van der Waals surface area contributed by atoms with Crippen molar-refractivity contribution in [1.82, 2.24) is 4.90 Å². The Morgan fingerprint density at radius 1 is 1.38 bits per heavy atom. The number of carbonyl (C=O) groups is 1. The van der Waals surface area contributed by atoms with Gasteiger partial charge in [-0.25, -0.2) is 4.79 Å². The van der Waals surface area contributed by atoms with E-state index in [0.29, 0.717) is 6.42 Å². The van der Waals surface area contributed by atoms with Crippen LogP contribution < -0.4 is 0 Å². The fourth-order valence-corrected chi connectivity index (χ4v) is 1.50. The third-order valence-corrected chi connectivity index (χ3v) is 2.31. The fraction of sp³-hybridized carbons (Fsp3) is 0.917. The van der Waals surface area contributed by atoms with Crippen molar-refractivity contribution in [1.29, 1.82) is 0 Å². The maximum Gasteiger partial charge on any atom is 0.410 e. The minimum atomic E-state index is -0.471. The van der Waals surface area contributed by atoms with E-state index in [4.69, 9.17) is 9.84 Å². The summed E-state index contributed by atoms with van der Waals surface area (Å²) in [6.45, 7) is 7.70. The molecule has 4 nitrogen and oxygen atoms in total. The molecule has 0 aliphatic rings. The summed E-state index contributed by atoms with van der Waals surface area (Å²) in [6.07, 6.45) is 2.15. The van der Waals surface area contributed by atoms with Crippen LogP contribution >= 0.6 is 0 Å². The summed E-state index contributed by atoms with van der Waals surface area (Å²) in [5.41, 5.74) is -0.471. The van der Waals surface area contributed by atoms with Gasteiger partial charge in [-0.3, -0.25) is 0 Å². The molecule has 0 saturated heterocycles. The number of aliphatic hydroxyl groups is 1. The molecule has 0 radical (unpaired) electrons. The van der Waals surface area contributed by atoms with E-state index in [-0.39, 0.29) is 18.7 Å². The van der Waals surface area contributed by atoms with Gasteiger partial charge in [-0.15, -0.1) is 0 Å². The predicted molar refractivity (Wildman–Crippen MR) is 64.4 cm³/mol. The maximum atomic E-state index is 11.8. The van der Waals surface area contributed by atoms with Gasteiger partial charge in [-0.2, -0.15) is 0 Å². The second-order valence-electron chi connectivity index (χ2n) is 5.05. The Labute approximate surface area is 98.6 Å². The van der Waals surface area contributed by atoms with Crippen LogP contribution in [0.3, 0.4) is 0 Å². The van der Waals surface area contributed by atoms with Crippen molar-refractivity contribution in [2.75, 3.05) is 13.7 Å². The summed E-state index contributed by atoms with van der Waals surface area (Å²) >= 11 is 0. The van der Waals surface area contributed by atoms with E-state index in [0.717, 1.165) is 12.8 Å². The highest BCUT2D eigenvalue weighted by atomic mass is 16.6. The van der Waals surface area contributed by atoms with Crippen molar-refractivity contribution in [2.45, 2.75) is 58.6 Å². The van der Waals surface area contributed by atoms with Gasteiger partial charge in [0.1, 0.15) is 5.60 Å². The van der Waals surface area contributed by atoms with Gasteiger partial charge in [0.05, 0.1) is 0 Å². The van der Waals surface area contributed by atoms with Crippen molar-refractivity contribution in [3.63, 3.8) is 0 Å². The lowest BCUT2D eigenvalue weighted by molar-refractivity contribution is 0.0192. The van der Waals surface area contributed by atoms with Crippen LogP contribution in [0.4, 0.5) is 4.79 Å². The molecule has 0 saturated carbocycles. The fourth-order valence-electron chi connectivity index (χ4n) is 1.50. The lowest BCUT2D eigenvalue weighted by atomic mass is 10.1. The van der Waals surface area contributed by atoms with Gasteiger partial charge in [0.25, 0.3) is 0 Å². The largest absolute Gasteiger partial charge is 0.444 e. The number of rotatable bonds is 5. The Balaban J connectivity index is 4.36. The normalized spacial score (nSPS) is 13.4. The molecule has 0 aromatic heterocycles. The zero-order valence-corrected chi connectivity index (χ0v) is 11.1. The Kier molecular flexibility index (Phi) is 6.41. The van der Waals surface area contributed by atoms with Gasteiger partial charge < -0.3 is 14.7 Å². The topological polar surface area (TPSA) is 49.8 Å². The smallest absolute Gasteiger partial charge is 0.410 e. The van der Waals surface area contributed by atoms with E-state index in [9.17, 15) is 4.79 Å². The first-order valence-electron chi connectivity index (χ1n) is 5.88. The SMILES string of the molecule is CCCC(CCO)N(C)C(=O)OC(C)(C)C. The average molecular weight is 231 g/mol. The van der Waals surface area contributed by atoms with Gasteiger partial charge in [-0.1, -0.05) is 13.3 Å². The van der Waals surface area contributed by atoms with Gasteiger partial charge in [0.15, 0.2) is 0 Å². The number of carbonyl (C=O) groups excluding carboxylic acids is 1. The molecule has 0 spiro atoms. The zero-order chi connectivity index (χ0) is 12.8. The molecule has 0 rings (SSSR count). The second kappa shape index (κ2) is 6.74. The minimum absolute atomic E-state index is 0.0600. The molecule has 0 aromatic carbocycles. The van der Waals surface area contributed by atoms with Crippen LogP contribution in [-0.4, -0.2) is 41.4 Å². The molecule has 0 heterocycles. The van der Waals surface area contributed by atoms with E-state index in [1.54, 1.807) is 11.9 Å². The number of nitrogens with zero attached hydrogens (tertiary/aromatic N) is 1. The monoisotopic (exact) mass is 231 g/mol. The van der Waals surface area contributed by atoms with Crippen molar-refractivity contribution in [3.8, 4) is 0 Å². The summed E-state index contributed by atoms with van der Waals surface area (Å²) in [5.74, 6) is 0. The summed E-state index contributed by atoms with van der Waals surface area (Å²) in [6, 6.07) is 0.0600. The number of amides is 1. The van der Waals surface area contributed by atoms with E-state index in [1.807, 2.05) is 20.8 Å². The van der Waals surface area contributed by atoms with Gasteiger partial charge in [0, 0.05) is 19.7 Å². The second-order valence-corrected chi connectivity index (χ2v) is 5.05. The Hall–Kier alpha value is -0.770.